The number of hydrogen-bond acceptors (Lipinski definition) is 3. The zero-order valence-corrected chi connectivity index (χ0v) is 11.1. The molecule has 0 aliphatic rings. The quantitative estimate of drug-likeness (QED) is 0.852. The summed E-state index contributed by atoms with van der Waals surface area (Å²) in [6.07, 6.45) is 0. The second kappa shape index (κ2) is 6.72. The van der Waals surface area contributed by atoms with Gasteiger partial charge in [0.05, 0.1) is 7.11 Å². The molecule has 0 saturated heterocycles. The average molecular weight is 268 g/mol. The van der Waals surface area contributed by atoms with Crippen LogP contribution < -0.4 is 5.32 Å². The third kappa shape index (κ3) is 4.57. The zero-order valence-electron chi connectivity index (χ0n) is 11.1. The number of nitrogens with one attached hydrogen (secondary N) is 1. The molecule has 0 aliphatic heterocycles. The molecular weight excluding hydrogens is 251 g/mol. The fourth-order valence-electron chi connectivity index (χ4n) is 1.45. The van der Waals surface area contributed by atoms with Gasteiger partial charge in [-0.25, -0.2) is 9.18 Å². The topological polar surface area (TPSA) is 58.6 Å². The summed E-state index contributed by atoms with van der Waals surface area (Å²) in [6.45, 7) is 3.39. The molecule has 0 fully saturated rings. The van der Waals surface area contributed by atoms with E-state index in [9.17, 15) is 14.0 Å². The molecule has 1 rings (SSSR count). The smallest absolute Gasteiger partial charge is 0.325 e. The minimum atomic E-state index is -0.511. The molecule has 0 radical (unpaired) electrons. The van der Waals surface area contributed by atoms with E-state index in [-0.39, 0.29) is 12.6 Å². The van der Waals surface area contributed by atoms with Crippen LogP contribution in [0.25, 0.3) is 0 Å². The number of rotatable bonds is 4. The Morgan fingerprint density at radius 1 is 1.42 bits per heavy atom. The fourth-order valence-corrected chi connectivity index (χ4v) is 1.45. The van der Waals surface area contributed by atoms with E-state index in [1.54, 1.807) is 19.9 Å². The van der Waals surface area contributed by atoms with Gasteiger partial charge in [-0.2, -0.15) is 0 Å². The van der Waals surface area contributed by atoms with Crippen LogP contribution >= 0.6 is 0 Å². The Balaban J connectivity index is 2.75. The molecule has 0 heterocycles. The van der Waals surface area contributed by atoms with Gasteiger partial charge in [-0.15, -0.1) is 0 Å². The van der Waals surface area contributed by atoms with Crippen molar-refractivity contribution in [2.45, 2.75) is 19.9 Å². The number of benzene rings is 1. The summed E-state index contributed by atoms with van der Waals surface area (Å²) in [5.41, 5.74) is 0.334. The highest BCUT2D eigenvalue weighted by atomic mass is 19.1. The fraction of sp³-hybridized carbons (Fsp3) is 0.385. The number of anilines is 1. The lowest BCUT2D eigenvalue weighted by Gasteiger charge is -2.25. The number of carbonyl (C=O) groups is 2. The minimum absolute atomic E-state index is 0.157. The van der Waals surface area contributed by atoms with E-state index in [1.165, 1.54) is 30.2 Å². The Morgan fingerprint density at radius 2 is 2.11 bits per heavy atom. The summed E-state index contributed by atoms with van der Waals surface area (Å²) in [4.78, 5) is 24.5. The van der Waals surface area contributed by atoms with Crippen molar-refractivity contribution >= 4 is 17.7 Å². The molecule has 5 nitrogen and oxygen atoms in total. The predicted molar refractivity (Wildman–Crippen MR) is 69.3 cm³/mol. The van der Waals surface area contributed by atoms with Crippen molar-refractivity contribution in [1.29, 1.82) is 0 Å². The Labute approximate surface area is 111 Å². The van der Waals surface area contributed by atoms with Gasteiger partial charge in [-0.3, -0.25) is 4.79 Å². The van der Waals surface area contributed by atoms with E-state index in [4.69, 9.17) is 0 Å². The van der Waals surface area contributed by atoms with Crippen molar-refractivity contribution in [1.82, 2.24) is 4.90 Å². The Kier molecular flexibility index (Phi) is 5.29. The van der Waals surface area contributed by atoms with Crippen molar-refractivity contribution in [2.24, 2.45) is 0 Å². The maximum Gasteiger partial charge on any atom is 0.325 e. The first-order chi connectivity index (χ1) is 8.93. The molecule has 0 saturated carbocycles. The third-order valence-corrected chi connectivity index (χ3v) is 2.49. The number of esters is 1. The van der Waals surface area contributed by atoms with E-state index in [2.05, 4.69) is 10.1 Å². The number of amides is 2. The van der Waals surface area contributed by atoms with Gasteiger partial charge in [0.2, 0.25) is 0 Å². The lowest BCUT2D eigenvalue weighted by Crippen LogP contribution is -2.43. The van der Waals surface area contributed by atoms with Gasteiger partial charge in [0, 0.05) is 11.7 Å². The molecule has 0 aromatic heterocycles. The van der Waals surface area contributed by atoms with Gasteiger partial charge in [-0.05, 0) is 32.0 Å². The summed E-state index contributed by atoms with van der Waals surface area (Å²) in [7, 11) is 1.26. The lowest BCUT2D eigenvalue weighted by molar-refractivity contribution is -0.141. The number of methoxy groups -OCH3 is 1. The SMILES string of the molecule is COC(=O)CN(C(=O)Nc1cccc(F)c1)C(C)C. The van der Waals surface area contributed by atoms with Crippen LogP contribution in [0.1, 0.15) is 13.8 Å². The second-order valence-electron chi connectivity index (χ2n) is 4.24. The Hall–Kier alpha value is -2.11. The molecule has 2 amide bonds. The Morgan fingerprint density at radius 3 is 2.63 bits per heavy atom. The van der Waals surface area contributed by atoms with E-state index in [1.807, 2.05) is 0 Å². The first kappa shape index (κ1) is 14.9. The Bertz CT molecular complexity index is 463. The number of carbonyl (C=O) groups excluding carboxylic acids is 2. The number of hydrogen-bond donors (Lipinski definition) is 1. The summed E-state index contributed by atoms with van der Waals surface area (Å²) >= 11 is 0. The highest BCUT2D eigenvalue weighted by Crippen LogP contribution is 2.11. The number of urea groups is 1. The van der Waals surface area contributed by atoms with Crippen LogP contribution in [0, 0.1) is 5.82 Å². The summed E-state index contributed by atoms with van der Waals surface area (Å²) in [6, 6.07) is 4.88. The standard InChI is InChI=1S/C13H17FN2O3/c1-9(2)16(8-12(17)19-3)13(18)15-11-6-4-5-10(14)7-11/h4-7,9H,8H2,1-3H3,(H,15,18). The van der Waals surface area contributed by atoms with Crippen LogP contribution in [-0.2, 0) is 9.53 Å². The molecule has 0 atom stereocenters. The largest absolute Gasteiger partial charge is 0.468 e. The van der Waals surface area contributed by atoms with E-state index < -0.39 is 17.8 Å². The van der Waals surface area contributed by atoms with Crippen molar-refractivity contribution < 1.29 is 18.7 Å². The molecule has 1 aromatic carbocycles. The minimum Gasteiger partial charge on any atom is -0.468 e. The highest BCUT2D eigenvalue weighted by Gasteiger charge is 2.20. The highest BCUT2D eigenvalue weighted by molar-refractivity contribution is 5.91. The molecule has 1 aromatic rings. The average Bonchev–Trinajstić information content (AvgIpc) is 2.35. The molecule has 19 heavy (non-hydrogen) atoms. The monoisotopic (exact) mass is 268 g/mol. The van der Waals surface area contributed by atoms with Crippen molar-refractivity contribution in [3.8, 4) is 0 Å². The molecule has 0 bridgehead atoms. The zero-order chi connectivity index (χ0) is 14.4. The molecule has 0 aliphatic carbocycles. The number of ether oxygens (including phenoxy) is 1. The van der Waals surface area contributed by atoms with Gasteiger partial charge in [0.1, 0.15) is 12.4 Å². The molecule has 6 heteroatoms. The summed E-state index contributed by atoms with van der Waals surface area (Å²) in [5, 5.41) is 2.53. The second-order valence-corrected chi connectivity index (χ2v) is 4.24. The van der Waals surface area contributed by atoms with E-state index in [0.717, 1.165) is 0 Å². The van der Waals surface area contributed by atoms with Crippen LogP contribution in [0.3, 0.4) is 0 Å². The van der Waals surface area contributed by atoms with Gasteiger partial charge < -0.3 is 15.0 Å². The van der Waals surface area contributed by atoms with Crippen molar-refractivity contribution in [2.75, 3.05) is 19.0 Å². The first-order valence-electron chi connectivity index (χ1n) is 5.84. The van der Waals surface area contributed by atoms with Gasteiger partial charge in [-0.1, -0.05) is 6.07 Å². The third-order valence-electron chi connectivity index (χ3n) is 2.49. The van der Waals surface area contributed by atoms with Crippen LogP contribution in [0.5, 0.6) is 0 Å². The maximum atomic E-state index is 13.0. The molecular formula is C13H17FN2O3. The molecule has 0 unspecified atom stereocenters. The van der Waals surface area contributed by atoms with Crippen molar-refractivity contribution in [3.63, 3.8) is 0 Å². The van der Waals surface area contributed by atoms with Crippen molar-refractivity contribution in [3.05, 3.63) is 30.1 Å². The van der Waals surface area contributed by atoms with Crippen LogP contribution in [-0.4, -0.2) is 36.6 Å². The van der Waals surface area contributed by atoms with Gasteiger partial charge in [0.25, 0.3) is 0 Å². The van der Waals surface area contributed by atoms with Gasteiger partial charge >= 0.3 is 12.0 Å². The van der Waals surface area contributed by atoms with E-state index >= 15 is 0 Å². The van der Waals surface area contributed by atoms with E-state index in [0.29, 0.717) is 5.69 Å². The normalized spacial score (nSPS) is 10.2. The van der Waals surface area contributed by atoms with Crippen LogP contribution in [0.4, 0.5) is 14.9 Å². The molecule has 0 spiro atoms. The molecule has 104 valence electrons. The number of nitrogens with zero attached hydrogens (tertiary/aromatic N) is 1. The van der Waals surface area contributed by atoms with Crippen LogP contribution in [0.2, 0.25) is 0 Å². The van der Waals surface area contributed by atoms with Gasteiger partial charge in [0.15, 0.2) is 0 Å². The van der Waals surface area contributed by atoms with Crippen LogP contribution in [0.15, 0.2) is 24.3 Å². The summed E-state index contributed by atoms with van der Waals surface area (Å²) < 4.78 is 17.5. The summed E-state index contributed by atoms with van der Waals surface area (Å²) in [5.74, 6) is -0.954. The lowest BCUT2D eigenvalue weighted by atomic mass is 10.3. The maximum absolute atomic E-state index is 13.0. The molecule has 1 N–H and O–H groups in total. The number of halogens is 1. The first-order valence-corrected chi connectivity index (χ1v) is 5.84. The predicted octanol–water partition coefficient (Wildman–Crippen LogP) is 2.24.